The number of likely N-dealkylation sites (tertiary alicyclic amines) is 1. The minimum atomic E-state index is 0.172. The summed E-state index contributed by atoms with van der Waals surface area (Å²) >= 11 is 0. The van der Waals surface area contributed by atoms with Crippen LogP contribution in [0.5, 0.6) is 0 Å². The van der Waals surface area contributed by atoms with E-state index in [4.69, 9.17) is 5.73 Å². The number of rotatable bonds is 1. The molecule has 2 bridgehead atoms. The number of amides is 1. The normalized spacial score (nSPS) is 24.2. The van der Waals surface area contributed by atoms with Gasteiger partial charge >= 0.3 is 0 Å². The summed E-state index contributed by atoms with van der Waals surface area (Å²) in [4.78, 5) is 14.5. The molecule has 2 N–H and O–H groups in total. The highest BCUT2D eigenvalue weighted by Crippen LogP contribution is 2.38. The topological polar surface area (TPSA) is 46.3 Å². The van der Waals surface area contributed by atoms with Crippen LogP contribution in [0.2, 0.25) is 0 Å². The van der Waals surface area contributed by atoms with Gasteiger partial charge in [-0.25, -0.2) is 0 Å². The first-order chi connectivity index (χ1) is 9.28. The van der Waals surface area contributed by atoms with Crippen molar-refractivity contribution in [3.63, 3.8) is 0 Å². The molecule has 1 heterocycles. The van der Waals surface area contributed by atoms with Gasteiger partial charge in [-0.05, 0) is 49.4 Å². The lowest BCUT2D eigenvalue weighted by molar-refractivity contribution is 0.0703. The Labute approximate surface area is 113 Å². The summed E-state index contributed by atoms with van der Waals surface area (Å²) in [6.45, 7) is 1.30. The molecule has 2 fully saturated rings. The van der Waals surface area contributed by atoms with Crippen molar-refractivity contribution in [2.45, 2.75) is 25.3 Å². The minimum absolute atomic E-state index is 0.172. The molecule has 0 aromatic heterocycles. The van der Waals surface area contributed by atoms with Crippen LogP contribution < -0.4 is 5.73 Å². The van der Waals surface area contributed by atoms with Gasteiger partial charge < -0.3 is 10.6 Å². The maximum absolute atomic E-state index is 12.4. The van der Waals surface area contributed by atoms with Crippen molar-refractivity contribution in [1.29, 1.82) is 0 Å². The fourth-order valence-corrected chi connectivity index (χ4v) is 3.19. The Kier molecular flexibility index (Phi) is 3.27. The summed E-state index contributed by atoms with van der Waals surface area (Å²) in [5.41, 5.74) is 7.01. The van der Waals surface area contributed by atoms with E-state index < -0.39 is 0 Å². The Morgan fingerprint density at radius 3 is 2.68 bits per heavy atom. The van der Waals surface area contributed by atoms with E-state index in [0.29, 0.717) is 12.6 Å². The second kappa shape index (κ2) is 5.07. The molecule has 2 atom stereocenters. The third-order valence-electron chi connectivity index (χ3n) is 4.14. The number of hydrogen-bond acceptors (Lipinski definition) is 2. The average Bonchev–Trinajstić information content (AvgIpc) is 3.07. The van der Waals surface area contributed by atoms with Crippen molar-refractivity contribution < 1.29 is 4.79 Å². The van der Waals surface area contributed by atoms with Gasteiger partial charge in [0.05, 0.1) is 6.54 Å². The summed E-state index contributed by atoms with van der Waals surface area (Å²) in [7, 11) is 0. The molecule has 0 radical (unpaired) electrons. The standard InChI is InChI=1S/C16H18N2O/c17-9-1-2-12-3-6-14(7-4-12)16(19)18-11-13-5-8-15(18)10-13/h3-4,6-7,13,15H,5,8-11,17H2. The van der Waals surface area contributed by atoms with E-state index in [1.165, 1.54) is 19.3 Å². The number of carbonyl (C=O) groups is 1. The molecule has 1 saturated carbocycles. The number of nitrogens with two attached hydrogens (primary N) is 1. The van der Waals surface area contributed by atoms with E-state index in [0.717, 1.165) is 23.6 Å². The van der Waals surface area contributed by atoms with Crippen LogP contribution in [0.1, 0.15) is 35.2 Å². The molecule has 1 aromatic rings. The lowest BCUT2D eigenvalue weighted by Gasteiger charge is -2.27. The van der Waals surface area contributed by atoms with Gasteiger partial charge in [0, 0.05) is 23.7 Å². The summed E-state index contributed by atoms with van der Waals surface area (Å²) in [5.74, 6) is 6.69. The van der Waals surface area contributed by atoms with Gasteiger partial charge in [-0.15, -0.1) is 0 Å². The number of hydrogen-bond donors (Lipinski definition) is 1. The first-order valence-electron chi connectivity index (χ1n) is 6.88. The Bertz CT molecular complexity index is 538. The molecular formula is C16H18N2O. The zero-order chi connectivity index (χ0) is 13.2. The van der Waals surface area contributed by atoms with Crippen LogP contribution in [-0.4, -0.2) is 29.9 Å². The lowest BCUT2D eigenvalue weighted by Crippen LogP contribution is -2.37. The number of piperidine rings is 1. The van der Waals surface area contributed by atoms with Crippen LogP contribution in [0, 0.1) is 17.8 Å². The maximum Gasteiger partial charge on any atom is 0.254 e. The van der Waals surface area contributed by atoms with Gasteiger partial charge in [-0.2, -0.15) is 0 Å². The van der Waals surface area contributed by atoms with Crippen molar-refractivity contribution in [3.8, 4) is 11.8 Å². The fourth-order valence-electron chi connectivity index (χ4n) is 3.19. The predicted octanol–water partition coefficient (Wildman–Crippen LogP) is 1.62. The first kappa shape index (κ1) is 12.3. The molecule has 3 rings (SSSR count). The number of carbonyl (C=O) groups excluding carboxylic acids is 1. The molecule has 1 amide bonds. The monoisotopic (exact) mass is 254 g/mol. The van der Waals surface area contributed by atoms with Crippen molar-refractivity contribution in [2.24, 2.45) is 11.7 Å². The van der Waals surface area contributed by atoms with E-state index in [2.05, 4.69) is 16.7 Å². The number of fused-ring (bicyclic) bond motifs is 2. The highest BCUT2D eigenvalue weighted by Gasteiger charge is 2.40. The van der Waals surface area contributed by atoms with Crippen LogP contribution >= 0.6 is 0 Å². The first-order valence-corrected chi connectivity index (χ1v) is 6.88. The van der Waals surface area contributed by atoms with Gasteiger partial charge in [-0.1, -0.05) is 11.8 Å². The van der Waals surface area contributed by atoms with E-state index in [-0.39, 0.29) is 5.91 Å². The molecule has 3 nitrogen and oxygen atoms in total. The quantitative estimate of drug-likeness (QED) is 0.774. The number of nitrogens with zero attached hydrogens (tertiary/aromatic N) is 1. The van der Waals surface area contributed by atoms with Crippen LogP contribution in [0.3, 0.4) is 0 Å². The Morgan fingerprint density at radius 1 is 1.32 bits per heavy atom. The van der Waals surface area contributed by atoms with Crippen LogP contribution in [0.25, 0.3) is 0 Å². The van der Waals surface area contributed by atoms with Gasteiger partial charge in [0.25, 0.3) is 5.91 Å². The smallest absolute Gasteiger partial charge is 0.254 e. The molecule has 1 saturated heterocycles. The van der Waals surface area contributed by atoms with Gasteiger partial charge in [0.2, 0.25) is 0 Å². The third-order valence-corrected chi connectivity index (χ3v) is 4.14. The van der Waals surface area contributed by atoms with Crippen molar-refractivity contribution in [1.82, 2.24) is 4.90 Å². The zero-order valence-electron chi connectivity index (χ0n) is 10.9. The van der Waals surface area contributed by atoms with Crippen LogP contribution in [0.4, 0.5) is 0 Å². The average molecular weight is 254 g/mol. The molecule has 98 valence electrons. The van der Waals surface area contributed by atoms with E-state index >= 15 is 0 Å². The predicted molar refractivity (Wildman–Crippen MR) is 74.5 cm³/mol. The van der Waals surface area contributed by atoms with Gasteiger partial charge in [0.1, 0.15) is 0 Å². The SMILES string of the molecule is NCC#Cc1ccc(C(=O)N2CC3CCC2C3)cc1. The minimum Gasteiger partial charge on any atom is -0.335 e. The van der Waals surface area contributed by atoms with Crippen LogP contribution in [0.15, 0.2) is 24.3 Å². The second-order valence-corrected chi connectivity index (χ2v) is 5.37. The van der Waals surface area contributed by atoms with Crippen molar-refractivity contribution >= 4 is 5.91 Å². The molecule has 1 aliphatic carbocycles. The molecule has 1 aromatic carbocycles. The third kappa shape index (κ3) is 2.36. The largest absolute Gasteiger partial charge is 0.335 e. The Balaban J connectivity index is 1.73. The fraction of sp³-hybridized carbons (Fsp3) is 0.438. The maximum atomic E-state index is 12.4. The van der Waals surface area contributed by atoms with Crippen molar-refractivity contribution in [2.75, 3.05) is 13.1 Å². The molecule has 19 heavy (non-hydrogen) atoms. The summed E-state index contributed by atoms with van der Waals surface area (Å²) in [6, 6.07) is 8.01. The van der Waals surface area contributed by atoms with Gasteiger partial charge in [-0.3, -0.25) is 4.79 Å². The molecule has 2 aliphatic rings. The zero-order valence-corrected chi connectivity index (χ0v) is 10.9. The van der Waals surface area contributed by atoms with E-state index in [9.17, 15) is 4.79 Å². The highest BCUT2D eigenvalue weighted by atomic mass is 16.2. The van der Waals surface area contributed by atoms with Crippen LogP contribution in [-0.2, 0) is 0 Å². The van der Waals surface area contributed by atoms with Gasteiger partial charge in [0.15, 0.2) is 0 Å². The Morgan fingerprint density at radius 2 is 2.11 bits per heavy atom. The summed E-state index contributed by atoms with van der Waals surface area (Å²) in [6.07, 6.45) is 3.67. The molecule has 1 aliphatic heterocycles. The van der Waals surface area contributed by atoms with E-state index in [1.807, 2.05) is 24.3 Å². The summed E-state index contributed by atoms with van der Waals surface area (Å²) in [5, 5.41) is 0. The molecular weight excluding hydrogens is 236 g/mol. The summed E-state index contributed by atoms with van der Waals surface area (Å²) < 4.78 is 0. The Hall–Kier alpha value is -1.79. The van der Waals surface area contributed by atoms with E-state index in [1.54, 1.807) is 0 Å². The van der Waals surface area contributed by atoms with Crippen molar-refractivity contribution in [3.05, 3.63) is 35.4 Å². The lowest BCUT2D eigenvalue weighted by atomic mass is 10.1. The second-order valence-electron chi connectivity index (χ2n) is 5.37. The molecule has 3 heteroatoms. The molecule has 2 unspecified atom stereocenters. The molecule has 0 spiro atoms. The highest BCUT2D eigenvalue weighted by molar-refractivity contribution is 5.94. The number of benzene rings is 1.